The Morgan fingerprint density at radius 1 is 1.41 bits per heavy atom. The summed E-state index contributed by atoms with van der Waals surface area (Å²) in [5.74, 6) is 1.66. The highest BCUT2D eigenvalue weighted by atomic mass is 32.2. The van der Waals surface area contributed by atoms with Crippen molar-refractivity contribution in [2.45, 2.75) is 44.2 Å². The normalized spacial score (nSPS) is 20.5. The number of hydrogen-bond donors (Lipinski definition) is 1. The van der Waals surface area contributed by atoms with Gasteiger partial charge in [0.1, 0.15) is 11.9 Å². The first-order valence-electron chi connectivity index (χ1n) is 9.02. The van der Waals surface area contributed by atoms with Crippen molar-refractivity contribution in [3.8, 4) is 5.75 Å². The highest BCUT2D eigenvalue weighted by Gasteiger charge is 2.34. The van der Waals surface area contributed by atoms with Crippen LogP contribution in [0.3, 0.4) is 0 Å². The second-order valence-corrected chi connectivity index (χ2v) is 7.99. The average molecular weight is 381 g/mol. The summed E-state index contributed by atoms with van der Waals surface area (Å²) in [7, 11) is 0. The molecule has 0 amide bonds. The lowest BCUT2D eigenvalue weighted by atomic mass is 10.0. The van der Waals surface area contributed by atoms with Crippen LogP contribution in [0.1, 0.15) is 46.6 Å². The fourth-order valence-corrected chi connectivity index (χ4v) is 4.69. The molecule has 0 saturated carbocycles. The maximum atomic E-state index is 11.8. The number of carbonyl (C=O) groups is 1. The van der Waals surface area contributed by atoms with E-state index in [0.717, 1.165) is 46.0 Å². The van der Waals surface area contributed by atoms with Crippen molar-refractivity contribution >= 4 is 28.6 Å². The van der Waals surface area contributed by atoms with E-state index in [-0.39, 0.29) is 18.2 Å². The molecule has 0 radical (unpaired) electrons. The Morgan fingerprint density at radius 2 is 2.30 bits per heavy atom. The highest BCUT2D eigenvalue weighted by Crippen LogP contribution is 2.40. The molecule has 1 N–H and O–H groups in total. The van der Waals surface area contributed by atoms with E-state index in [1.807, 2.05) is 25.1 Å². The summed E-state index contributed by atoms with van der Waals surface area (Å²) in [5, 5.41) is 0.812. The number of pyridine rings is 1. The number of aryl methyl sites for hydroxylation is 1. The number of ether oxygens (including phenoxy) is 2. The molecule has 3 aliphatic heterocycles. The maximum Gasteiger partial charge on any atom is 0.200 e. The van der Waals surface area contributed by atoms with Crippen molar-refractivity contribution in [2.24, 2.45) is 0 Å². The third-order valence-electron chi connectivity index (χ3n) is 5.11. The second-order valence-electron chi connectivity index (χ2n) is 6.98. The number of hydrogen-bond acceptors (Lipinski definition) is 6. The molecule has 2 aromatic heterocycles. The zero-order valence-electron chi connectivity index (χ0n) is 15.1. The monoisotopic (exact) mass is 381 g/mol. The molecule has 2 atom stereocenters. The van der Waals surface area contributed by atoms with Gasteiger partial charge in [-0.1, -0.05) is 11.8 Å². The van der Waals surface area contributed by atoms with Gasteiger partial charge >= 0.3 is 0 Å². The molecular formula is C20H19N3O3S. The van der Waals surface area contributed by atoms with Crippen molar-refractivity contribution in [3.05, 3.63) is 46.8 Å². The molecule has 2 unspecified atom stereocenters. The van der Waals surface area contributed by atoms with Crippen LogP contribution < -0.4 is 4.74 Å². The maximum absolute atomic E-state index is 11.8. The van der Waals surface area contributed by atoms with Crippen molar-refractivity contribution in [1.82, 2.24) is 15.0 Å². The number of fused-ring (bicyclic) bond motifs is 3. The lowest BCUT2D eigenvalue weighted by Crippen LogP contribution is -2.23. The Balaban J connectivity index is 1.40. The van der Waals surface area contributed by atoms with Crippen LogP contribution in [0.4, 0.5) is 0 Å². The molecule has 0 spiro atoms. The fourth-order valence-electron chi connectivity index (χ4n) is 3.80. The Labute approximate surface area is 160 Å². The molecule has 5 heterocycles. The van der Waals surface area contributed by atoms with Crippen LogP contribution in [0.2, 0.25) is 0 Å². The van der Waals surface area contributed by atoms with Gasteiger partial charge < -0.3 is 14.5 Å². The Morgan fingerprint density at radius 3 is 3.15 bits per heavy atom. The number of thioether (sulfide) groups is 1. The number of benzene rings is 1. The first-order chi connectivity index (χ1) is 13.1. The van der Waals surface area contributed by atoms with E-state index >= 15 is 0 Å². The lowest BCUT2D eigenvalue weighted by molar-refractivity contribution is -0.114. The van der Waals surface area contributed by atoms with E-state index in [0.29, 0.717) is 11.3 Å². The topological polar surface area (TPSA) is 77.1 Å². The minimum Gasteiger partial charge on any atom is -0.465 e. The molecule has 0 fully saturated rings. The number of aromatic amines is 1. The van der Waals surface area contributed by atoms with Gasteiger partial charge in [-0.15, -0.1) is 0 Å². The number of ketones is 1. The van der Waals surface area contributed by atoms with E-state index in [2.05, 4.69) is 15.0 Å². The van der Waals surface area contributed by atoms with Crippen LogP contribution in [0.25, 0.3) is 11.0 Å². The summed E-state index contributed by atoms with van der Waals surface area (Å²) in [4.78, 5) is 24.3. The number of Topliss-reactive ketones (excluding diaryl/α,β-unsaturated/α-hetero) is 1. The first-order valence-corrected chi connectivity index (χ1v) is 10.0. The van der Waals surface area contributed by atoms with Gasteiger partial charge in [0.25, 0.3) is 0 Å². The number of nitrogens with zero attached hydrogens (tertiary/aromatic N) is 2. The second kappa shape index (κ2) is 6.35. The Hall–Kier alpha value is -2.38. The van der Waals surface area contributed by atoms with Crippen molar-refractivity contribution in [3.63, 3.8) is 0 Å². The average Bonchev–Trinajstić information content (AvgIpc) is 2.93. The largest absolute Gasteiger partial charge is 0.465 e. The van der Waals surface area contributed by atoms with E-state index in [4.69, 9.17) is 9.47 Å². The minimum atomic E-state index is -0.207. The molecule has 7 heteroatoms. The zero-order chi connectivity index (χ0) is 18.5. The molecule has 3 aromatic rings. The van der Waals surface area contributed by atoms with Gasteiger partial charge in [0, 0.05) is 29.5 Å². The molecule has 3 aliphatic rings. The minimum absolute atomic E-state index is 0.0568. The third kappa shape index (κ3) is 2.91. The summed E-state index contributed by atoms with van der Waals surface area (Å²) < 4.78 is 12.0. The van der Waals surface area contributed by atoms with Gasteiger partial charge in [0.2, 0.25) is 6.29 Å². The van der Waals surface area contributed by atoms with Crippen molar-refractivity contribution < 1.29 is 14.3 Å². The number of aromatic nitrogens is 3. The molecule has 6 nitrogen and oxygen atoms in total. The van der Waals surface area contributed by atoms with Crippen LogP contribution in [0.15, 0.2) is 29.6 Å². The third-order valence-corrected chi connectivity index (χ3v) is 6.05. The smallest absolute Gasteiger partial charge is 0.200 e. The van der Waals surface area contributed by atoms with Crippen LogP contribution in [0, 0.1) is 6.92 Å². The number of carbonyl (C=O) groups excluding carboxylic acids is 1. The lowest BCUT2D eigenvalue weighted by Gasteiger charge is -2.22. The molecule has 1 aromatic carbocycles. The molecule has 6 rings (SSSR count). The number of H-pyrrole nitrogens is 1. The van der Waals surface area contributed by atoms with Gasteiger partial charge in [-0.05, 0) is 44.0 Å². The number of nitrogens with one attached hydrogen (secondary N) is 1. The summed E-state index contributed by atoms with van der Waals surface area (Å²) in [6.07, 6.45) is 3.27. The quantitative estimate of drug-likeness (QED) is 0.544. The molecule has 4 bridgehead atoms. The van der Waals surface area contributed by atoms with Gasteiger partial charge in [0.05, 0.1) is 16.7 Å². The predicted octanol–water partition coefficient (Wildman–Crippen LogP) is 3.98. The summed E-state index contributed by atoms with van der Waals surface area (Å²) in [5.41, 5.74) is 5.57. The van der Waals surface area contributed by atoms with Crippen LogP contribution >= 0.6 is 11.8 Å². The SMILES string of the molecule is CC(=O)c1cc2nc(SCC3OC4CCc5c(ccnc53)O4)[nH]c2cc1C. The van der Waals surface area contributed by atoms with Crippen molar-refractivity contribution in [1.29, 1.82) is 0 Å². The highest BCUT2D eigenvalue weighted by molar-refractivity contribution is 7.99. The van der Waals surface area contributed by atoms with Gasteiger partial charge in [-0.2, -0.15) is 0 Å². The van der Waals surface area contributed by atoms with Crippen molar-refractivity contribution in [2.75, 3.05) is 5.75 Å². The van der Waals surface area contributed by atoms with Gasteiger partial charge in [0.15, 0.2) is 10.9 Å². The Kier molecular flexibility index (Phi) is 3.94. The molecule has 0 aliphatic carbocycles. The summed E-state index contributed by atoms with van der Waals surface area (Å²) in [6.45, 7) is 3.53. The van der Waals surface area contributed by atoms with Crippen LogP contribution in [0.5, 0.6) is 5.75 Å². The number of rotatable bonds is 4. The van der Waals surface area contributed by atoms with E-state index in [1.54, 1.807) is 24.9 Å². The molecule has 0 saturated heterocycles. The molecular weight excluding hydrogens is 362 g/mol. The van der Waals surface area contributed by atoms with Crippen LogP contribution in [-0.4, -0.2) is 32.8 Å². The molecule has 27 heavy (non-hydrogen) atoms. The first kappa shape index (κ1) is 16.8. The predicted molar refractivity (Wildman–Crippen MR) is 102 cm³/mol. The van der Waals surface area contributed by atoms with E-state index in [1.165, 1.54) is 5.56 Å². The zero-order valence-corrected chi connectivity index (χ0v) is 15.9. The van der Waals surface area contributed by atoms with Gasteiger partial charge in [-0.3, -0.25) is 9.78 Å². The van der Waals surface area contributed by atoms with E-state index in [9.17, 15) is 4.79 Å². The summed E-state index contributed by atoms with van der Waals surface area (Å²) >= 11 is 1.60. The van der Waals surface area contributed by atoms with E-state index < -0.39 is 0 Å². The number of imidazole rings is 1. The Bertz CT molecular complexity index is 1060. The van der Waals surface area contributed by atoms with Crippen LogP contribution in [-0.2, 0) is 11.2 Å². The molecule has 138 valence electrons. The van der Waals surface area contributed by atoms with Gasteiger partial charge in [-0.25, -0.2) is 4.98 Å². The summed E-state index contributed by atoms with van der Waals surface area (Å²) in [6, 6.07) is 5.75. The fraction of sp³-hybridized carbons (Fsp3) is 0.350. The standard InChI is InChI=1S/C20H19N3O3S/c1-10-7-14-15(8-13(10)11(2)24)23-20(22-14)27-9-17-19-12-3-4-18(26-17)25-16(12)5-6-21-19/h5-8,17-18H,3-4,9H2,1-2H3,(H,22,23).